The van der Waals surface area contributed by atoms with E-state index in [1.807, 2.05) is 6.92 Å². The molecule has 1 saturated carbocycles. The summed E-state index contributed by atoms with van der Waals surface area (Å²) in [5.74, 6) is 0.636. The second-order valence-corrected chi connectivity index (χ2v) is 7.42. The summed E-state index contributed by atoms with van der Waals surface area (Å²) < 4.78 is 26.4. The molecule has 2 N–H and O–H groups in total. The smallest absolute Gasteiger partial charge is 0.211 e. The van der Waals surface area contributed by atoms with E-state index < -0.39 is 10.0 Å². The number of nitrogens with one attached hydrogen (secondary N) is 2. The first kappa shape index (κ1) is 15.9. The molecule has 0 aromatic rings. The molecule has 0 aliphatic heterocycles. The second-order valence-electron chi connectivity index (χ2n) is 5.55. The highest BCUT2D eigenvalue weighted by molar-refractivity contribution is 7.89. The van der Waals surface area contributed by atoms with Crippen molar-refractivity contribution in [1.29, 1.82) is 0 Å². The molecule has 1 fully saturated rings. The molecule has 1 rings (SSSR count). The summed E-state index contributed by atoms with van der Waals surface area (Å²) in [5, 5.41) is 3.40. The first-order chi connectivity index (χ1) is 8.44. The second kappa shape index (κ2) is 7.46. The molecule has 0 aromatic heterocycles. The third-order valence-electron chi connectivity index (χ3n) is 3.71. The van der Waals surface area contributed by atoms with Crippen molar-refractivity contribution in [1.82, 2.24) is 10.0 Å². The van der Waals surface area contributed by atoms with E-state index in [2.05, 4.69) is 23.9 Å². The van der Waals surface area contributed by atoms with Gasteiger partial charge >= 0.3 is 0 Å². The Morgan fingerprint density at radius 3 is 2.44 bits per heavy atom. The fraction of sp³-hybridized carbons (Fsp3) is 1.00. The van der Waals surface area contributed by atoms with Gasteiger partial charge < -0.3 is 5.32 Å². The van der Waals surface area contributed by atoms with Gasteiger partial charge in [-0.1, -0.05) is 20.3 Å². The van der Waals surface area contributed by atoms with Gasteiger partial charge in [0.05, 0.1) is 5.75 Å². The minimum atomic E-state index is -3.10. The normalized spacial score (nSPS) is 19.7. The molecule has 0 amide bonds. The predicted molar refractivity (Wildman–Crippen MR) is 76.1 cm³/mol. The van der Waals surface area contributed by atoms with Gasteiger partial charge in [0.2, 0.25) is 10.0 Å². The van der Waals surface area contributed by atoms with Crippen LogP contribution in [0, 0.1) is 5.92 Å². The lowest BCUT2D eigenvalue weighted by Crippen LogP contribution is -2.38. The van der Waals surface area contributed by atoms with Crippen LogP contribution in [0.4, 0.5) is 0 Å². The van der Waals surface area contributed by atoms with E-state index in [0.29, 0.717) is 12.0 Å². The molecule has 4 nitrogen and oxygen atoms in total. The van der Waals surface area contributed by atoms with Gasteiger partial charge in [-0.05, 0) is 45.1 Å². The Kier molecular flexibility index (Phi) is 6.60. The summed E-state index contributed by atoms with van der Waals surface area (Å²) in [7, 11) is -3.10. The zero-order valence-electron chi connectivity index (χ0n) is 11.9. The van der Waals surface area contributed by atoms with E-state index in [-0.39, 0.29) is 11.8 Å². The first-order valence-corrected chi connectivity index (χ1v) is 8.83. The average molecular weight is 276 g/mol. The Balaban J connectivity index is 2.13. The van der Waals surface area contributed by atoms with Crippen LogP contribution in [0.3, 0.4) is 0 Å². The third kappa shape index (κ3) is 6.71. The van der Waals surface area contributed by atoms with Crippen molar-refractivity contribution >= 4 is 10.0 Å². The molecular weight excluding hydrogens is 248 g/mol. The van der Waals surface area contributed by atoms with Crippen molar-refractivity contribution in [2.45, 2.75) is 65.0 Å². The standard InChI is InChI=1S/C13H28N2O2S/c1-4-11(2)12(3)15-18(16,17)10-6-5-9-14-13-7-8-13/h11-15H,4-10H2,1-3H3. The van der Waals surface area contributed by atoms with Crippen LogP contribution >= 0.6 is 0 Å². The largest absolute Gasteiger partial charge is 0.314 e. The molecule has 0 spiro atoms. The lowest BCUT2D eigenvalue weighted by molar-refractivity contribution is 0.433. The van der Waals surface area contributed by atoms with Gasteiger partial charge in [0.1, 0.15) is 0 Å². The summed E-state index contributed by atoms with van der Waals surface area (Å²) in [4.78, 5) is 0. The minimum absolute atomic E-state index is 0.0320. The molecule has 0 aromatic carbocycles. The predicted octanol–water partition coefficient (Wildman–Crippen LogP) is 1.87. The van der Waals surface area contributed by atoms with Gasteiger partial charge in [0.25, 0.3) is 0 Å². The van der Waals surface area contributed by atoms with Crippen molar-refractivity contribution < 1.29 is 8.42 Å². The van der Waals surface area contributed by atoms with Crippen molar-refractivity contribution in [3.8, 4) is 0 Å². The zero-order chi connectivity index (χ0) is 13.6. The molecular formula is C13H28N2O2S. The molecule has 0 bridgehead atoms. The maximum absolute atomic E-state index is 11.8. The van der Waals surface area contributed by atoms with Gasteiger partial charge in [-0.15, -0.1) is 0 Å². The Bertz CT molecular complexity index is 326. The van der Waals surface area contributed by atoms with Crippen LogP contribution in [-0.4, -0.2) is 32.8 Å². The van der Waals surface area contributed by atoms with Gasteiger partial charge in [-0.25, -0.2) is 13.1 Å². The van der Waals surface area contributed by atoms with E-state index in [9.17, 15) is 8.42 Å². The Labute approximate surface area is 112 Å². The van der Waals surface area contributed by atoms with E-state index in [0.717, 1.165) is 25.8 Å². The summed E-state index contributed by atoms with van der Waals surface area (Å²) in [6, 6.07) is 0.745. The highest BCUT2D eigenvalue weighted by Gasteiger charge is 2.20. The van der Waals surface area contributed by atoms with Crippen LogP contribution in [-0.2, 0) is 10.0 Å². The van der Waals surface area contributed by atoms with Crippen molar-refractivity contribution in [2.24, 2.45) is 5.92 Å². The van der Waals surface area contributed by atoms with Gasteiger partial charge in [-0.2, -0.15) is 0 Å². The maximum atomic E-state index is 11.8. The molecule has 2 unspecified atom stereocenters. The van der Waals surface area contributed by atoms with E-state index in [1.54, 1.807) is 0 Å². The van der Waals surface area contributed by atoms with Gasteiger partial charge in [-0.3, -0.25) is 0 Å². The Hall–Kier alpha value is -0.130. The van der Waals surface area contributed by atoms with Crippen molar-refractivity contribution in [2.75, 3.05) is 12.3 Å². The molecule has 1 aliphatic rings. The fourth-order valence-electron chi connectivity index (χ4n) is 1.82. The van der Waals surface area contributed by atoms with Crippen LogP contribution in [0.15, 0.2) is 0 Å². The van der Waals surface area contributed by atoms with Crippen molar-refractivity contribution in [3.63, 3.8) is 0 Å². The molecule has 0 heterocycles. The minimum Gasteiger partial charge on any atom is -0.314 e. The highest BCUT2D eigenvalue weighted by atomic mass is 32.2. The summed E-state index contributed by atoms with van der Waals surface area (Å²) in [6.45, 7) is 7.05. The SMILES string of the molecule is CCC(C)C(C)NS(=O)(=O)CCCCNC1CC1. The number of sulfonamides is 1. The van der Waals surface area contributed by atoms with E-state index in [1.165, 1.54) is 12.8 Å². The lowest BCUT2D eigenvalue weighted by Gasteiger charge is -2.19. The monoisotopic (exact) mass is 276 g/mol. The molecule has 108 valence electrons. The quantitative estimate of drug-likeness (QED) is 0.599. The topological polar surface area (TPSA) is 58.2 Å². The van der Waals surface area contributed by atoms with E-state index >= 15 is 0 Å². The van der Waals surface area contributed by atoms with Crippen LogP contribution in [0.2, 0.25) is 0 Å². The van der Waals surface area contributed by atoms with Crippen LogP contribution < -0.4 is 10.0 Å². The summed E-state index contributed by atoms with van der Waals surface area (Å²) in [6.07, 6.45) is 5.24. The van der Waals surface area contributed by atoms with Gasteiger partial charge in [0.15, 0.2) is 0 Å². The number of hydrogen-bond donors (Lipinski definition) is 2. The Morgan fingerprint density at radius 1 is 1.22 bits per heavy atom. The van der Waals surface area contributed by atoms with Crippen molar-refractivity contribution in [3.05, 3.63) is 0 Å². The lowest BCUT2D eigenvalue weighted by atomic mass is 10.0. The molecule has 5 heteroatoms. The fourth-order valence-corrected chi connectivity index (χ4v) is 3.32. The van der Waals surface area contributed by atoms with Crippen LogP contribution in [0.1, 0.15) is 52.9 Å². The van der Waals surface area contributed by atoms with Crippen LogP contribution in [0.5, 0.6) is 0 Å². The molecule has 2 atom stereocenters. The van der Waals surface area contributed by atoms with E-state index in [4.69, 9.17) is 0 Å². The maximum Gasteiger partial charge on any atom is 0.211 e. The summed E-state index contributed by atoms with van der Waals surface area (Å²) in [5.41, 5.74) is 0. The Morgan fingerprint density at radius 2 is 1.89 bits per heavy atom. The number of unbranched alkanes of at least 4 members (excludes halogenated alkanes) is 1. The number of rotatable bonds is 10. The molecule has 1 aliphatic carbocycles. The van der Waals surface area contributed by atoms with Crippen LogP contribution in [0.25, 0.3) is 0 Å². The zero-order valence-corrected chi connectivity index (χ0v) is 12.7. The number of hydrogen-bond acceptors (Lipinski definition) is 3. The highest BCUT2D eigenvalue weighted by Crippen LogP contribution is 2.18. The third-order valence-corrected chi connectivity index (χ3v) is 5.27. The molecule has 0 saturated heterocycles. The van der Waals surface area contributed by atoms with Gasteiger partial charge in [0, 0.05) is 12.1 Å². The average Bonchev–Trinajstić information content (AvgIpc) is 3.10. The first-order valence-electron chi connectivity index (χ1n) is 7.18. The molecule has 18 heavy (non-hydrogen) atoms. The summed E-state index contributed by atoms with van der Waals surface area (Å²) >= 11 is 0. The molecule has 0 radical (unpaired) electrons.